The number of esters is 2. The van der Waals surface area contributed by atoms with Gasteiger partial charge in [0.05, 0.1) is 17.8 Å². The van der Waals surface area contributed by atoms with Crippen molar-refractivity contribution >= 4 is 11.9 Å². The summed E-state index contributed by atoms with van der Waals surface area (Å²) >= 11 is 0. The number of allylic oxidation sites excluding steroid dienone is 1. The lowest BCUT2D eigenvalue weighted by Crippen LogP contribution is -2.19. The minimum atomic E-state index is -0.724. The lowest BCUT2D eigenvalue weighted by molar-refractivity contribution is -0.142. The monoisotopic (exact) mass is 300 g/mol. The molecule has 0 aliphatic carbocycles. The molecule has 6 nitrogen and oxygen atoms in total. The van der Waals surface area contributed by atoms with Crippen LogP contribution in [0, 0.1) is 0 Å². The molecule has 0 aromatic carbocycles. The third-order valence-electron chi connectivity index (χ3n) is 2.78. The predicted octanol–water partition coefficient (Wildman–Crippen LogP) is 1.46. The number of ether oxygens (including phenoxy) is 2. The smallest absolute Gasteiger partial charge is 0.337 e. The highest BCUT2D eigenvalue weighted by Crippen LogP contribution is 2.16. The third-order valence-corrected chi connectivity index (χ3v) is 2.78. The predicted molar refractivity (Wildman–Crippen MR) is 77.2 cm³/mol. The van der Waals surface area contributed by atoms with Crippen molar-refractivity contribution in [2.45, 2.75) is 52.2 Å². The normalized spacial score (nSPS) is 14.7. The topological polar surface area (TPSA) is 93.1 Å². The summed E-state index contributed by atoms with van der Waals surface area (Å²) in [5.74, 6) is -1.21. The Hall–Kier alpha value is -1.66. The quantitative estimate of drug-likeness (QED) is 0.380. The fourth-order valence-corrected chi connectivity index (χ4v) is 1.33. The molecule has 0 heterocycles. The maximum absolute atomic E-state index is 11.8. The van der Waals surface area contributed by atoms with Crippen LogP contribution in [0.5, 0.6) is 0 Å². The molecule has 2 unspecified atom stereocenters. The van der Waals surface area contributed by atoms with Gasteiger partial charge in [-0.05, 0) is 26.7 Å². The lowest BCUT2D eigenvalue weighted by atomic mass is 10.1. The van der Waals surface area contributed by atoms with E-state index in [1.807, 2.05) is 0 Å². The summed E-state index contributed by atoms with van der Waals surface area (Å²) in [6, 6.07) is 0. The van der Waals surface area contributed by atoms with E-state index in [0.29, 0.717) is 12.8 Å². The first-order chi connectivity index (χ1) is 9.81. The summed E-state index contributed by atoms with van der Waals surface area (Å²) in [6.45, 7) is 8.00. The first-order valence-electron chi connectivity index (χ1n) is 6.89. The van der Waals surface area contributed by atoms with Crippen LogP contribution in [0.25, 0.3) is 0 Å². The average Bonchev–Trinajstić information content (AvgIpc) is 2.47. The van der Waals surface area contributed by atoms with E-state index in [0.717, 1.165) is 6.08 Å². The molecule has 0 amide bonds. The van der Waals surface area contributed by atoms with Gasteiger partial charge in [0, 0.05) is 12.5 Å². The molecule has 0 saturated carbocycles. The summed E-state index contributed by atoms with van der Waals surface area (Å²) in [4.78, 5) is 23.1. The highest BCUT2D eigenvalue weighted by molar-refractivity contribution is 5.89. The van der Waals surface area contributed by atoms with Crippen molar-refractivity contribution in [2.75, 3.05) is 6.61 Å². The van der Waals surface area contributed by atoms with Gasteiger partial charge >= 0.3 is 11.9 Å². The molecule has 0 radical (unpaired) electrons. The van der Waals surface area contributed by atoms with Crippen LogP contribution in [0.3, 0.4) is 0 Å². The van der Waals surface area contributed by atoms with Gasteiger partial charge in [-0.2, -0.15) is 0 Å². The van der Waals surface area contributed by atoms with Gasteiger partial charge in [-0.25, -0.2) is 9.59 Å². The van der Waals surface area contributed by atoms with E-state index >= 15 is 0 Å². The Balaban J connectivity index is 4.90. The zero-order chi connectivity index (χ0) is 16.4. The Bertz CT molecular complexity index is 397. The number of hydrogen-bond donors (Lipinski definition) is 2. The Morgan fingerprint density at radius 3 is 2.43 bits per heavy atom. The summed E-state index contributed by atoms with van der Waals surface area (Å²) in [5.41, 5.74) is 0.133. The molecule has 0 aliphatic rings. The van der Waals surface area contributed by atoms with Gasteiger partial charge in [-0.3, -0.25) is 0 Å². The fourth-order valence-electron chi connectivity index (χ4n) is 1.33. The van der Waals surface area contributed by atoms with Crippen molar-refractivity contribution in [3.8, 4) is 0 Å². The van der Waals surface area contributed by atoms with Gasteiger partial charge in [0.2, 0.25) is 0 Å². The molecule has 0 spiro atoms. The van der Waals surface area contributed by atoms with Gasteiger partial charge in [0.15, 0.2) is 0 Å². The lowest BCUT2D eigenvalue weighted by Gasteiger charge is -2.13. The zero-order valence-electron chi connectivity index (χ0n) is 12.8. The van der Waals surface area contributed by atoms with Crippen molar-refractivity contribution in [1.29, 1.82) is 0 Å². The van der Waals surface area contributed by atoms with Crippen LogP contribution in [0.4, 0.5) is 0 Å². The van der Waals surface area contributed by atoms with Gasteiger partial charge in [-0.15, -0.1) is 0 Å². The number of rotatable bonds is 9. The molecule has 0 saturated heterocycles. The Kier molecular flexibility index (Phi) is 9.32. The Labute approximate surface area is 125 Å². The number of carbonyl (C=O) groups is 2. The molecule has 0 aliphatic heterocycles. The minimum absolute atomic E-state index is 0.119. The van der Waals surface area contributed by atoms with E-state index in [1.165, 1.54) is 6.92 Å². The van der Waals surface area contributed by atoms with E-state index < -0.39 is 24.1 Å². The highest BCUT2D eigenvalue weighted by atomic mass is 16.6. The van der Waals surface area contributed by atoms with E-state index in [4.69, 9.17) is 9.47 Å². The minimum Gasteiger partial charge on any atom is -0.459 e. The second-order valence-electron chi connectivity index (χ2n) is 4.72. The first-order valence-corrected chi connectivity index (χ1v) is 6.89. The second kappa shape index (κ2) is 10.1. The molecule has 120 valence electrons. The molecule has 2 N–H and O–H groups in total. The van der Waals surface area contributed by atoms with Crippen LogP contribution < -0.4 is 0 Å². The molecule has 2 atom stereocenters. The molecule has 0 aromatic rings. The maximum Gasteiger partial charge on any atom is 0.337 e. The Morgan fingerprint density at radius 1 is 1.33 bits per heavy atom. The zero-order valence-corrected chi connectivity index (χ0v) is 12.8. The van der Waals surface area contributed by atoms with E-state index in [-0.39, 0.29) is 24.4 Å². The van der Waals surface area contributed by atoms with Crippen LogP contribution in [0.15, 0.2) is 24.0 Å². The average molecular weight is 300 g/mol. The maximum atomic E-state index is 11.8. The number of hydrogen-bond acceptors (Lipinski definition) is 6. The Morgan fingerprint density at radius 2 is 1.95 bits per heavy atom. The van der Waals surface area contributed by atoms with E-state index in [2.05, 4.69) is 6.58 Å². The largest absolute Gasteiger partial charge is 0.459 e. The summed E-state index contributed by atoms with van der Waals surface area (Å²) < 4.78 is 9.95. The summed E-state index contributed by atoms with van der Waals surface area (Å²) in [7, 11) is 0. The van der Waals surface area contributed by atoms with Crippen LogP contribution in [-0.4, -0.2) is 41.0 Å². The van der Waals surface area contributed by atoms with E-state index in [9.17, 15) is 19.8 Å². The van der Waals surface area contributed by atoms with Gasteiger partial charge in [0.1, 0.15) is 12.4 Å². The van der Waals surface area contributed by atoms with Crippen molar-refractivity contribution in [3.05, 3.63) is 24.0 Å². The van der Waals surface area contributed by atoms with Crippen LogP contribution in [-0.2, 0) is 19.1 Å². The van der Waals surface area contributed by atoms with Crippen LogP contribution >= 0.6 is 0 Å². The van der Waals surface area contributed by atoms with E-state index in [1.54, 1.807) is 13.8 Å². The van der Waals surface area contributed by atoms with Gasteiger partial charge in [-0.1, -0.05) is 13.5 Å². The standard InChI is InChI=1S/C15H24O6/c1-5-12(17)9-20-15(19)11(4)13(8-7-10(3)16)21-14(18)6-2/h6,10,12,16-17H,2,5,7-9H2,1,3-4H3. The van der Waals surface area contributed by atoms with Crippen LogP contribution in [0.2, 0.25) is 0 Å². The molecule has 21 heavy (non-hydrogen) atoms. The molecule has 0 aromatic heterocycles. The molecular formula is C15H24O6. The SMILES string of the molecule is C=CC(=O)OC(CCC(C)O)=C(C)C(=O)OCC(O)CC. The summed E-state index contributed by atoms with van der Waals surface area (Å²) in [5, 5.41) is 18.7. The van der Waals surface area contributed by atoms with Crippen molar-refractivity contribution < 1.29 is 29.3 Å². The van der Waals surface area contributed by atoms with Gasteiger partial charge in [0.25, 0.3) is 0 Å². The molecule has 0 fully saturated rings. The molecule has 0 bridgehead atoms. The number of carbonyl (C=O) groups excluding carboxylic acids is 2. The second-order valence-corrected chi connectivity index (χ2v) is 4.72. The molecule has 6 heteroatoms. The van der Waals surface area contributed by atoms with Gasteiger partial charge < -0.3 is 19.7 Å². The van der Waals surface area contributed by atoms with Crippen LogP contribution in [0.1, 0.15) is 40.0 Å². The van der Waals surface area contributed by atoms with Crippen molar-refractivity contribution in [3.63, 3.8) is 0 Å². The summed E-state index contributed by atoms with van der Waals surface area (Å²) in [6.07, 6.45) is 0.695. The number of aliphatic hydroxyl groups is 2. The fraction of sp³-hybridized carbons (Fsp3) is 0.600. The van der Waals surface area contributed by atoms with Crippen molar-refractivity contribution in [1.82, 2.24) is 0 Å². The van der Waals surface area contributed by atoms with Crippen molar-refractivity contribution in [2.24, 2.45) is 0 Å². The third kappa shape index (κ3) is 8.27. The highest BCUT2D eigenvalue weighted by Gasteiger charge is 2.17. The first kappa shape index (κ1) is 19.3. The molecule has 0 rings (SSSR count). The number of aliphatic hydroxyl groups excluding tert-OH is 2. The molecular weight excluding hydrogens is 276 g/mol.